The Hall–Kier alpha value is -1.84. The second-order valence-electron chi connectivity index (χ2n) is 7.40. The van der Waals surface area contributed by atoms with Gasteiger partial charge in [-0.1, -0.05) is 31.5 Å². The maximum absolute atomic E-state index is 6.00. The molecule has 30 heavy (non-hydrogen) atoms. The lowest BCUT2D eigenvalue weighted by Gasteiger charge is -2.22. The van der Waals surface area contributed by atoms with E-state index in [-0.39, 0.29) is 24.0 Å². The summed E-state index contributed by atoms with van der Waals surface area (Å²) in [4.78, 5) is 8.77. The number of pyridine rings is 1. The third-order valence-electron chi connectivity index (χ3n) is 5.36. The Balaban J connectivity index is 0.00000320. The summed E-state index contributed by atoms with van der Waals surface area (Å²) in [5.74, 6) is 2.38. The zero-order valence-electron chi connectivity index (χ0n) is 18.2. The summed E-state index contributed by atoms with van der Waals surface area (Å²) in [5, 5.41) is 10.8. The van der Waals surface area contributed by atoms with Gasteiger partial charge >= 0.3 is 0 Å². The summed E-state index contributed by atoms with van der Waals surface area (Å²) in [5.41, 5.74) is 3.21. The molecule has 3 rings (SSSR count). The number of aryl methyl sites for hydroxylation is 2. The lowest BCUT2D eigenvalue weighted by molar-refractivity contribution is 0.148. The van der Waals surface area contributed by atoms with Crippen molar-refractivity contribution in [3.05, 3.63) is 40.9 Å². The number of rotatable bonds is 8. The van der Waals surface area contributed by atoms with Crippen LogP contribution in [0.5, 0.6) is 5.88 Å². The Morgan fingerprint density at radius 1 is 1.13 bits per heavy atom. The number of guanidine groups is 1. The molecule has 2 heterocycles. The van der Waals surface area contributed by atoms with E-state index in [1.54, 1.807) is 7.05 Å². The Morgan fingerprint density at radius 3 is 2.53 bits per heavy atom. The van der Waals surface area contributed by atoms with E-state index in [0.29, 0.717) is 19.2 Å². The molecule has 0 amide bonds. The normalized spacial score (nSPS) is 14.8. The van der Waals surface area contributed by atoms with Gasteiger partial charge < -0.3 is 19.9 Å². The molecule has 1 saturated carbocycles. The number of nitrogens with zero attached hydrogens (tertiary/aromatic N) is 3. The van der Waals surface area contributed by atoms with Crippen LogP contribution in [0.1, 0.15) is 68.5 Å². The third kappa shape index (κ3) is 6.85. The molecule has 1 aliphatic carbocycles. The highest BCUT2D eigenvalue weighted by molar-refractivity contribution is 14.0. The van der Waals surface area contributed by atoms with Gasteiger partial charge in [0, 0.05) is 44.4 Å². The average Bonchev–Trinajstić information content (AvgIpc) is 3.17. The Morgan fingerprint density at radius 2 is 1.90 bits per heavy atom. The van der Waals surface area contributed by atoms with E-state index < -0.39 is 0 Å². The van der Waals surface area contributed by atoms with Crippen LogP contribution in [0, 0.1) is 0 Å². The van der Waals surface area contributed by atoms with Crippen molar-refractivity contribution in [3.8, 4) is 5.88 Å². The van der Waals surface area contributed by atoms with E-state index in [1.807, 2.05) is 12.3 Å². The summed E-state index contributed by atoms with van der Waals surface area (Å²) in [7, 11) is 1.77. The Labute approximate surface area is 196 Å². The predicted octanol–water partition coefficient (Wildman–Crippen LogP) is 4.39. The Kier molecular flexibility index (Phi) is 10.4. The van der Waals surface area contributed by atoms with Crippen LogP contribution < -0.4 is 15.4 Å². The highest BCUT2D eigenvalue weighted by Crippen LogP contribution is 2.22. The molecule has 1 fully saturated rings. The molecular weight excluding hydrogens is 493 g/mol. The Bertz CT molecular complexity index is 764. The van der Waals surface area contributed by atoms with Crippen molar-refractivity contribution in [1.29, 1.82) is 0 Å². The van der Waals surface area contributed by atoms with Crippen molar-refractivity contribution in [2.24, 2.45) is 4.99 Å². The van der Waals surface area contributed by atoms with Crippen LogP contribution in [0.4, 0.5) is 0 Å². The SMILES string of the molecule is CCc1noc(CC)c1CNC(=NC)NCc1ccc(OC2CCCCC2)nc1.I. The van der Waals surface area contributed by atoms with Gasteiger partial charge in [-0.3, -0.25) is 4.99 Å². The van der Waals surface area contributed by atoms with Crippen LogP contribution in [0.25, 0.3) is 0 Å². The monoisotopic (exact) mass is 527 g/mol. The second-order valence-corrected chi connectivity index (χ2v) is 7.40. The van der Waals surface area contributed by atoms with E-state index >= 15 is 0 Å². The van der Waals surface area contributed by atoms with Gasteiger partial charge in [-0.2, -0.15) is 0 Å². The zero-order valence-corrected chi connectivity index (χ0v) is 20.6. The van der Waals surface area contributed by atoms with Gasteiger partial charge in [0.15, 0.2) is 5.96 Å². The molecule has 7 nitrogen and oxygen atoms in total. The van der Waals surface area contributed by atoms with Gasteiger partial charge in [-0.25, -0.2) is 4.98 Å². The van der Waals surface area contributed by atoms with Crippen LogP contribution in [-0.4, -0.2) is 29.3 Å². The number of hydrogen-bond donors (Lipinski definition) is 2. The quantitative estimate of drug-likeness (QED) is 0.301. The van der Waals surface area contributed by atoms with E-state index in [2.05, 4.69) is 45.7 Å². The van der Waals surface area contributed by atoms with Crippen LogP contribution in [0.15, 0.2) is 27.8 Å². The van der Waals surface area contributed by atoms with Gasteiger partial charge in [0.25, 0.3) is 0 Å². The lowest BCUT2D eigenvalue weighted by Crippen LogP contribution is -2.36. The molecule has 0 bridgehead atoms. The van der Waals surface area contributed by atoms with Gasteiger partial charge in [-0.05, 0) is 37.7 Å². The van der Waals surface area contributed by atoms with E-state index in [9.17, 15) is 0 Å². The molecule has 0 radical (unpaired) electrons. The molecule has 0 unspecified atom stereocenters. The van der Waals surface area contributed by atoms with E-state index in [4.69, 9.17) is 9.26 Å². The van der Waals surface area contributed by atoms with Crippen molar-refractivity contribution < 1.29 is 9.26 Å². The summed E-state index contributed by atoms with van der Waals surface area (Å²) < 4.78 is 11.4. The molecule has 0 aromatic carbocycles. The fourth-order valence-corrected chi connectivity index (χ4v) is 3.66. The molecule has 166 valence electrons. The van der Waals surface area contributed by atoms with Crippen molar-refractivity contribution >= 4 is 29.9 Å². The number of aliphatic imine (C=N–C) groups is 1. The highest BCUT2D eigenvalue weighted by atomic mass is 127. The third-order valence-corrected chi connectivity index (χ3v) is 5.36. The first kappa shape index (κ1) is 24.4. The molecule has 2 N–H and O–H groups in total. The molecule has 2 aromatic rings. The smallest absolute Gasteiger partial charge is 0.213 e. The van der Waals surface area contributed by atoms with Crippen molar-refractivity contribution in [3.63, 3.8) is 0 Å². The molecule has 0 spiro atoms. The van der Waals surface area contributed by atoms with Crippen LogP contribution in [0.2, 0.25) is 0 Å². The minimum absolute atomic E-state index is 0. The number of ether oxygens (including phenoxy) is 1. The van der Waals surface area contributed by atoms with Crippen LogP contribution >= 0.6 is 24.0 Å². The molecular formula is C22H34IN5O2. The summed E-state index contributed by atoms with van der Waals surface area (Å²) >= 11 is 0. The van der Waals surface area contributed by atoms with E-state index in [1.165, 1.54) is 19.3 Å². The van der Waals surface area contributed by atoms with Crippen molar-refractivity contribution in [2.75, 3.05) is 7.05 Å². The molecule has 2 aromatic heterocycles. The lowest BCUT2D eigenvalue weighted by atomic mass is 9.98. The molecule has 0 aliphatic heterocycles. The molecule has 0 saturated heterocycles. The second kappa shape index (κ2) is 12.8. The average molecular weight is 527 g/mol. The number of nitrogens with one attached hydrogen (secondary N) is 2. The highest BCUT2D eigenvalue weighted by Gasteiger charge is 2.15. The fourth-order valence-electron chi connectivity index (χ4n) is 3.66. The van der Waals surface area contributed by atoms with Crippen molar-refractivity contribution in [2.45, 2.75) is 78.0 Å². The maximum Gasteiger partial charge on any atom is 0.213 e. The van der Waals surface area contributed by atoms with Gasteiger partial charge in [-0.15, -0.1) is 24.0 Å². The first-order valence-corrected chi connectivity index (χ1v) is 10.8. The molecule has 0 atom stereocenters. The zero-order chi connectivity index (χ0) is 20.5. The molecule has 1 aliphatic rings. The summed E-state index contributed by atoms with van der Waals surface area (Å²) in [6.45, 7) is 5.44. The number of aromatic nitrogens is 2. The number of hydrogen-bond acceptors (Lipinski definition) is 5. The standard InChI is InChI=1S/C22H33N5O2.HI/c1-4-19-18(20(5-2)29-27-19)15-26-22(23-3)25-14-16-11-12-21(24-13-16)28-17-9-7-6-8-10-17;/h11-13,17H,4-10,14-15H2,1-3H3,(H2,23,25,26);1H. The van der Waals surface area contributed by atoms with Gasteiger partial charge in [0.05, 0.1) is 5.69 Å². The van der Waals surface area contributed by atoms with Gasteiger partial charge in [0.2, 0.25) is 5.88 Å². The van der Waals surface area contributed by atoms with Crippen molar-refractivity contribution in [1.82, 2.24) is 20.8 Å². The maximum atomic E-state index is 6.00. The predicted molar refractivity (Wildman–Crippen MR) is 129 cm³/mol. The van der Waals surface area contributed by atoms with Crippen LogP contribution in [0.3, 0.4) is 0 Å². The number of halogens is 1. The first-order valence-electron chi connectivity index (χ1n) is 10.8. The fraction of sp³-hybridized carbons (Fsp3) is 0.591. The minimum atomic E-state index is 0. The minimum Gasteiger partial charge on any atom is -0.474 e. The summed E-state index contributed by atoms with van der Waals surface area (Å²) in [6.07, 6.45) is 9.98. The van der Waals surface area contributed by atoms with Gasteiger partial charge in [0.1, 0.15) is 11.9 Å². The van der Waals surface area contributed by atoms with E-state index in [0.717, 1.165) is 60.1 Å². The van der Waals surface area contributed by atoms with Crippen LogP contribution in [-0.2, 0) is 25.9 Å². The first-order chi connectivity index (χ1) is 14.2. The topological polar surface area (TPSA) is 84.6 Å². The largest absolute Gasteiger partial charge is 0.474 e. The summed E-state index contributed by atoms with van der Waals surface area (Å²) in [6, 6.07) is 4.01. The molecule has 8 heteroatoms.